The Balaban J connectivity index is 0.000000168. The van der Waals surface area contributed by atoms with Crippen LogP contribution < -0.4 is 9.47 Å². The molecule has 2 atom stereocenters. The highest BCUT2D eigenvalue weighted by Crippen LogP contribution is 2.40. The molecule has 2 aliphatic heterocycles. The minimum absolute atomic E-state index is 0.0759. The third-order valence-electron chi connectivity index (χ3n) is 6.65. The monoisotopic (exact) mass is 576 g/mol. The summed E-state index contributed by atoms with van der Waals surface area (Å²) in [5, 5.41) is 76.9. The standard InChI is InChI=1S/2C15H12O6/c2*16-9-2-3-10-13(6-9)21-15(20,14(10)19)7-8-1-4-11(17)12(18)5-8/h2*1-6,16-18,20H,7H2. The van der Waals surface area contributed by atoms with Crippen LogP contribution in [0.1, 0.15) is 31.8 Å². The van der Waals surface area contributed by atoms with Gasteiger partial charge in [-0.25, -0.2) is 0 Å². The summed E-state index contributed by atoms with van der Waals surface area (Å²) in [4.78, 5) is 24.4. The maximum Gasteiger partial charge on any atom is 0.276 e. The van der Waals surface area contributed by atoms with Crippen LogP contribution in [-0.2, 0) is 12.8 Å². The Morgan fingerprint density at radius 2 is 0.881 bits per heavy atom. The summed E-state index contributed by atoms with van der Waals surface area (Å²) in [6, 6.07) is 15.8. The van der Waals surface area contributed by atoms with Crippen molar-refractivity contribution in [2.24, 2.45) is 0 Å². The Labute approximate surface area is 237 Å². The number of phenols is 6. The van der Waals surface area contributed by atoms with Crippen LogP contribution in [0.4, 0.5) is 0 Å². The molecule has 0 radical (unpaired) electrons. The highest BCUT2D eigenvalue weighted by Gasteiger charge is 2.47. The van der Waals surface area contributed by atoms with Gasteiger partial charge in [0.25, 0.3) is 11.6 Å². The van der Waals surface area contributed by atoms with Crippen molar-refractivity contribution in [2.75, 3.05) is 0 Å². The molecule has 8 N–H and O–H groups in total. The number of hydrogen-bond donors (Lipinski definition) is 8. The van der Waals surface area contributed by atoms with E-state index < -0.39 is 23.1 Å². The van der Waals surface area contributed by atoms with Crippen molar-refractivity contribution >= 4 is 11.6 Å². The Morgan fingerprint density at radius 3 is 1.24 bits per heavy atom. The van der Waals surface area contributed by atoms with Gasteiger partial charge in [-0.2, -0.15) is 0 Å². The molecule has 6 rings (SSSR count). The minimum Gasteiger partial charge on any atom is -0.508 e. The van der Waals surface area contributed by atoms with Gasteiger partial charge < -0.3 is 50.3 Å². The minimum atomic E-state index is -2.10. The molecule has 2 unspecified atom stereocenters. The zero-order valence-electron chi connectivity index (χ0n) is 21.6. The molecule has 0 amide bonds. The van der Waals surface area contributed by atoms with Gasteiger partial charge in [0.2, 0.25) is 11.6 Å². The highest BCUT2D eigenvalue weighted by molar-refractivity contribution is 6.07. The van der Waals surface area contributed by atoms with Crippen molar-refractivity contribution in [1.29, 1.82) is 0 Å². The number of Topliss-reactive ketones (excluding diaryl/α,β-unsaturated/α-hetero) is 2. The fraction of sp³-hybridized carbons (Fsp3) is 0.133. The first-order chi connectivity index (χ1) is 19.8. The number of hydrogen-bond acceptors (Lipinski definition) is 12. The van der Waals surface area contributed by atoms with E-state index in [4.69, 9.17) is 9.47 Å². The molecule has 0 bridgehead atoms. The molecule has 0 aliphatic carbocycles. The van der Waals surface area contributed by atoms with Crippen LogP contribution in [0.3, 0.4) is 0 Å². The molecule has 12 nitrogen and oxygen atoms in total. The SMILES string of the molecule is O=C1c2ccc(O)cc2OC1(O)Cc1ccc(O)c(O)c1.O=C1c2ccc(O)cc2OC1(O)Cc1ccc(O)c(O)c1. The Morgan fingerprint density at radius 1 is 0.500 bits per heavy atom. The molecule has 4 aromatic carbocycles. The van der Waals surface area contributed by atoms with Crippen LogP contribution in [-0.4, -0.2) is 64.0 Å². The van der Waals surface area contributed by atoms with E-state index in [1.807, 2.05) is 0 Å². The van der Waals surface area contributed by atoms with Gasteiger partial charge in [0.1, 0.15) is 23.0 Å². The third kappa shape index (κ3) is 5.19. The van der Waals surface area contributed by atoms with Gasteiger partial charge in [0, 0.05) is 25.0 Å². The van der Waals surface area contributed by atoms with Gasteiger partial charge in [0.15, 0.2) is 23.0 Å². The molecule has 12 heteroatoms. The summed E-state index contributed by atoms with van der Waals surface area (Å²) in [6.45, 7) is 0. The molecule has 42 heavy (non-hydrogen) atoms. The zero-order valence-corrected chi connectivity index (χ0v) is 21.6. The van der Waals surface area contributed by atoms with Gasteiger partial charge in [-0.3, -0.25) is 9.59 Å². The van der Waals surface area contributed by atoms with Gasteiger partial charge in [-0.05, 0) is 59.7 Å². The predicted molar refractivity (Wildman–Crippen MR) is 143 cm³/mol. The topological polar surface area (TPSA) is 214 Å². The largest absolute Gasteiger partial charge is 0.508 e. The van der Waals surface area contributed by atoms with Crippen molar-refractivity contribution < 1.29 is 59.9 Å². The number of aliphatic hydroxyl groups is 2. The lowest BCUT2D eigenvalue weighted by Gasteiger charge is -2.20. The summed E-state index contributed by atoms with van der Waals surface area (Å²) in [7, 11) is 0. The molecule has 0 aromatic heterocycles. The van der Waals surface area contributed by atoms with Gasteiger partial charge in [-0.1, -0.05) is 12.1 Å². The van der Waals surface area contributed by atoms with Crippen LogP contribution in [0.2, 0.25) is 0 Å². The van der Waals surface area contributed by atoms with E-state index in [1.165, 1.54) is 72.8 Å². The molecule has 0 saturated carbocycles. The number of carbonyl (C=O) groups excluding carboxylic acids is 2. The van der Waals surface area contributed by atoms with Crippen molar-refractivity contribution in [3.05, 3.63) is 95.1 Å². The van der Waals surface area contributed by atoms with E-state index in [1.54, 1.807) is 0 Å². The smallest absolute Gasteiger partial charge is 0.276 e. The molecular weight excluding hydrogens is 552 g/mol. The Hall–Kier alpha value is -5.46. The van der Waals surface area contributed by atoms with E-state index in [2.05, 4.69) is 0 Å². The van der Waals surface area contributed by atoms with E-state index in [9.17, 15) is 50.4 Å². The predicted octanol–water partition coefficient (Wildman–Crippen LogP) is 2.62. The number of ketones is 2. The lowest BCUT2D eigenvalue weighted by atomic mass is 9.98. The van der Waals surface area contributed by atoms with E-state index in [-0.39, 0.29) is 70.0 Å². The fourth-order valence-electron chi connectivity index (χ4n) is 4.59. The van der Waals surface area contributed by atoms with Gasteiger partial charge in [0.05, 0.1) is 11.1 Å². The average molecular weight is 577 g/mol. The molecule has 4 aromatic rings. The maximum atomic E-state index is 12.2. The first-order valence-corrected chi connectivity index (χ1v) is 12.4. The quantitative estimate of drug-likeness (QED) is 0.165. The molecule has 0 fully saturated rings. The molecule has 0 saturated heterocycles. The fourth-order valence-corrected chi connectivity index (χ4v) is 4.59. The summed E-state index contributed by atoms with van der Waals surface area (Å²) < 4.78 is 10.5. The molecule has 2 heterocycles. The Bertz CT molecular complexity index is 1600. The normalized spacial score (nSPS) is 20.1. The highest BCUT2D eigenvalue weighted by atomic mass is 16.6. The van der Waals surface area contributed by atoms with Crippen LogP contribution >= 0.6 is 0 Å². The summed E-state index contributed by atoms with van der Waals surface area (Å²) in [5.41, 5.74) is 1.19. The van der Waals surface area contributed by atoms with E-state index in [0.717, 1.165) is 0 Å². The number of phenolic OH excluding ortho intramolecular Hbond substituents is 6. The second kappa shape index (κ2) is 10.2. The van der Waals surface area contributed by atoms with Gasteiger partial charge >= 0.3 is 0 Å². The van der Waals surface area contributed by atoms with E-state index >= 15 is 0 Å². The number of ether oxygens (including phenoxy) is 2. The van der Waals surface area contributed by atoms with Crippen molar-refractivity contribution in [2.45, 2.75) is 24.4 Å². The first-order valence-electron chi connectivity index (χ1n) is 12.4. The van der Waals surface area contributed by atoms with Gasteiger partial charge in [-0.15, -0.1) is 0 Å². The summed E-state index contributed by atoms with van der Waals surface area (Å²) in [6.07, 6.45) is -0.399. The second-order valence-corrected chi connectivity index (χ2v) is 9.79. The maximum absolute atomic E-state index is 12.2. The third-order valence-corrected chi connectivity index (χ3v) is 6.65. The molecule has 2 aliphatic rings. The number of carbonyl (C=O) groups is 2. The molecule has 0 spiro atoms. The Kier molecular flexibility index (Phi) is 6.81. The lowest BCUT2D eigenvalue weighted by molar-refractivity contribution is -0.0890. The zero-order chi connectivity index (χ0) is 30.4. The van der Waals surface area contributed by atoms with Crippen LogP contribution in [0.15, 0.2) is 72.8 Å². The van der Waals surface area contributed by atoms with Crippen LogP contribution in [0.25, 0.3) is 0 Å². The summed E-state index contributed by atoms with van der Waals surface area (Å²) in [5.74, 6) is -6.67. The number of aromatic hydroxyl groups is 6. The van der Waals surface area contributed by atoms with E-state index in [0.29, 0.717) is 11.1 Å². The summed E-state index contributed by atoms with van der Waals surface area (Å²) >= 11 is 0. The van der Waals surface area contributed by atoms with Crippen LogP contribution in [0.5, 0.6) is 46.0 Å². The molecular formula is C30H24O12. The average Bonchev–Trinajstić information content (AvgIpc) is 3.31. The molecule has 216 valence electrons. The lowest BCUT2D eigenvalue weighted by Crippen LogP contribution is -2.42. The number of fused-ring (bicyclic) bond motifs is 2. The van der Waals surface area contributed by atoms with Crippen molar-refractivity contribution in [3.8, 4) is 46.0 Å². The van der Waals surface area contributed by atoms with Crippen molar-refractivity contribution in [1.82, 2.24) is 0 Å². The number of rotatable bonds is 4. The van der Waals surface area contributed by atoms with Crippen LogP contribution in [0, 0.1) is 0 Å². The van der Waals surface area contributed by atoms with Crippen molar-refractivity contribution in [3.63, 3.8) is 0 Å². The second-order valence-electron chi connectivity index (χ2n) is 9.79. The first kappa shape index (κ1) is 28.1. The number of benzene rings is 4.